The molecule has 2 aliphatic rings. The fraction of sp³-hybridized carbons (Fsp3) is 1.00. The molecule has 1 aliphatic heterocycles. The number of piperidine rings is 1. The smallest absolute Gasteiger partial charge is 0.0232 e. The Kier molecular flexibility index (Phi) is 2.64. The third-order valence-corrected chi connectivity index (χ3v) is 4.53. The molecular weight excluding hydrogens is 158 g/mol. The zero-order valence-electron chi connectivity index (χ0n) is 9.18. The van der Waals surface area contributed by atoms with E-state index in [1.807, 2.05) is 0 Å². The van der Waals surface area contributed by atoms with Crippen molar-refractivity contribution in [3.05, 3.63) is 0 Å². The Morgan fingerprint density at radius 3 is 2.38 bits per heavy atom. The van der Waals surface area contributed by atoms with Crippen LogP contribution in [0.25, 0.3) is 0 Å². The molecule has 1 spiro atoms. The van der Waals surface area contributed by atoms with E-state index in [1.54, 1.807) is 0 Å². The van der Waals surface area contributed by atoms with Gasteiger partial charge in [0, 0.05) is 5.54 Å². The van der Waals surface area contributed by atoms with Crippen LogP contribution in [0.2, 0.25) is 0 Å². The fourth-order valence-corrected chi connectivity index (χ4v) is 3.54. The highest BCUT2D eigenvalue weighted by Crippen LogP contribution is 2.43. The predicted molar refractivity (Wildman–Crippen MR) is 56.8 cm³/mol. The molecule has 1 heterocycles. The van der Waals surface area contributed by atoms with E-state index in [9.17, 15) is 0 Å². The minimum Gasteiger partial charge on any atom is -0.300 e. The molecule has 2 fully saturated rings. The van der Waals surface area contributed by atoms with Gasteiger partial charge < -0.3 is 4.90 Å². The Morgan fingerprint density at radius 2 is 1.77 bits per heavy atom. The maximum absolute atomic E-state index is 2.67. The van der Waals surface area contributed by atoms with Gasteiger partial charge in [-0.05, 0) is 45.2 Å². The standard InChI is InChI=1S/C12H23N/c1-11-7-6-10-13(2)12(11)8-4-3-5-9-12/h11H,3-10H2,1-2H3. The van der Waals surface area contributed by atoms with Crippen molar-refractivity contribution < 1.29 is 0 Å². The maximum atomic E-state index is 2.67. The summed E-state index contributed by atoms with van der Waals surface area (Å²) in [5.74, 6) is 0.937. The average Bonchev–Trinajstić information content (AvgIpc) is 2.16. The van der Waals surface area contributed by atoms with Crippen molar-refractivity contribution in [3.8, 4) is 0 Å². The molecule has 76 valence electrons. The van der Waals surface area contributed by atoms with Crippen molar-refractivity contribution in [2.24, 2.45) is 5.92 Å². The van der Waals surface area contributed by atoms with Gasteiger partial charge in [-0.1, -0.05) is 26.2 Å². The van der Waals surface area contributed by atoms with Crippen LogP contribution in [-0.2, 0) is 0 Å². The molecule has 0 bridgehead atoms. The van der Waals surface area contributed by atoms with Gasteiger partial charge in [0.25, 0.3) is 0 Å². The molecule has 1 heteroatoms. The zero-order valence-corrected chi connectivity index (χ0v) is 9.18. The van der Waals surface area contributed by atoms with E-state index in [1.165, 1.54) is 51.5 Å². The lowest BCUT2D eigenvalue weighted by Gasteiger charge is -2.52. The highest BCUT2D eigenvalue weighted by molar-refractivity contribution is 4.98. The van der Waals surface area contributed by atoms with E-state index in [-0.39, 0.29) is 0 Å². The Balaban J connectivity index is 2.13. The van der Waals surface area contributed by atoms with Gasteiger partial charge in [-0.3, -0.25) is 0 Å². The Morgan fingerprint density at radius 1 is 1.08 bits per heavy atom. The summed E-state index contributed by atoms with van der Waals surface area (Å²) < 4.78 is 0. The largest absolute Gasteiger partial charge is 0.300 e. The topological polar surface area (TPSA) is 3.24 Å². The number of rotatable bonds is 0. The number of hydrogen-bond acceptors (Lipinski definition) is 1. The summed E-state index contributed by atoms with van der Waals surface area (Å²) in [6.07, 6.45) is 10.2. The van der Waals surface area contributed by atoms with E-state index in [4.69, 9.17) is 0 Å². The third-order valence-electron chi connectivity index (χ3n) is 4.53. The fourth-order valence-electron chi connectivity index (χ4n) is 3.54. The SMILES string of the molecule is CC1CCCN(C)C12CCCCC2. The molecule has 1 unspecified atom stereocenters. The highest BCUT2D eigenvalue weighted by atomic mass is 15.2. The number of hydrogen-bond donors (Lipinski definition) is 0. The summed E-state index contributed by atoms with van der Waals surface area (Å²) in [5, 5.41) is 0. The van der Waals surface area contributed by atoms with Crippen LogP contribution in [0.1, 0.15) is 51.9 Å². The second-order valence-electron chi connectivity index (χ2n) is 5.13. The second-order valence-corrected chi connectivity index (χ2v) is 5.13. The van der Waals surface area contributed by atoms with Gasteiger partial charge >= 0.3 is 0 Å². The lowest BCUT2D eigenvalue weighted by molar-refractivity contribution is -0.00777. The molecule has 0 aromatic carbocycles. The first-order valence-electron chi connectivity index (χ1n) is 5.97. The minimum atomic E-state index is 0.608. The third kappa shape index (κ3) is 1.52. The van der Waals surface area contributed by atoms with Crippen LogP contribution >= 0.6 is 0 Å². The summed E-state index contributed by atoms with van der Waals surface area (Å²) in [7, 11) is 2.35. The molecule has 0 N–H and O–H groups in total. The highest BCUT2D eigenvalue weighted by Gasteiger charge is 2.42. The summed E-state index contributed by atoms with van der Waals surface area (Å²) >= 11 is 0. The van der Waals surface area contributed by atoms with Crippen molar-refractivity contribution >= 4 is 0 Å². The van der Waals surface area contributed by atoms with Crippen LogP contribution in [0, 0.1) is 5.92 Å². The predicted octanol–water partition coefficient (Wildman–Crippen LogP) is 3.05. The van der Waals surface area contributed by atoms with Crippen LogP contribution in [0.5, 0.6) is 0 Å². The summed E-state index contributed by atoms with van der Waals surface area (Å²) in [6, 6.07) is 0. The molecule has 13 heavy (non-hydrogen) atoms. The van der Waals surface area contributed by atoms with Gasteiger partial charge in [0.1, 0.15) is 0 Å². The van der Waals surface area contributed by atoms with Crippen LogP contribution in [0.3, 0.4) is 0 Å². The lowest BCUT2D eigenvalue weighted by Crippen LogP contribution is -2.55. The van der Waals surface area contributed by atoms with Gasteiger partial charge in [-0.15, -0.1) is 0 Å². The van der Waals surface area contributed by atoms with Gasteiger partial charge in [-0.25, -0.2) is 0 Å². The van der Waals surface area contributed by atoms with E-state index < -0.39 is 0 Å². The Hall–Kier alpha value is -0.0400. The van der Waals surface area contributed by atoms with Crippen LogP contribution in [0.15, 0.2) is 0 Å². The van der Waals surface area contributed by atoms with Crippen LogP contribution in [0.4, 0.5) is 0 Å². The number of likely N-dealkylation sites (tertiary alicyclic amines) is 1. The van der Waals surface area contributed by atoms with E-state index >= 15 is 0 Å². The second kappa shape index (κ2) is 3.61. The summed E-state index contributed by atoms with van der Waals surface area (Å²) in [6.45, 7) is 3.81. The first kappa shape index (κ1) is 9.51. The van der Waals surface area contributed by atoms with E-state index in [0.29, 0.717) is 5.54 Å². The average molecular weight is 181 g/mol. The van der Waals surface area contributed by atoms with Gasteiger partial charge in [0.05, 0.1) is 0 Å². The van der Waals surface area contributed by atoms with Gasteiger partial charge in [-0.2, -0.15) is 0 Å². The Labute approximate surface area is 82.5 Å². The zero-order chi connectivity index (χ0) is 9.31. The van der Waals surface area contributed by atoms with Crippen LogP contribution in [-0.4, -0.2) is 24.0 Å². The minimum absolute atomic E-state index is 0.608. The van der Waals surface area contributed by atoms with Gasteiger partial charge in [0.15, 0.2) is 0 Å². The summed E-state index contributed by atoms with van der Waals surface area (Å²) in [4.78, 5) is 2.67. The van der Waals surface area contributed by atoms with Crippen LogP contribution < -0.4 is 0 Å². The van der Waals surface area contributed by atoms with Crippen molar-refractivity contribution in [3.63, 3.8) is 0 Å². The van der Waals surface area contributed by atoms with Gasteiger partial charge in [0.2, 0.25) is 0 Å². The Bertz CT molecular complexity index is 158. The molecule has 1 saturated carbocycles. The maximum Gasteiger partial charge on any atom is 0.0232 e. The van der Waals surface area contributed by atoms with Crippen molar-refractivity contribution in [2.75, 3.05) is 13.6 Å². The molecule has 2 rings (SSSR count). The van der Waals surface area contributed by atoms with Crippen molar-refractivity contribution in [1.29, 1.82) is 0 Å². The molecular formula is C12H23N. The first-order valence-corrected chi connectivity index (χ1v) is 5.97. The quantitative estimate of drug-likeness (QED) is 0.555. The molecule has 0 aromatic heterocycles. The van der Waals surface area contributed by atoms with Crippen molar-refractivity contribution in [2.45, 2.75) is 57.4 Å². The normalized spacial score (nSPS) is 35.1. The monoisotopic (exact) mass is 181 g/mol. The van der Waals surface area contributed by atoms with Crippen molar-refractivity contribution in [1.82, 2.24) is 4.90 Å². The molecule has 0 amide bonds. The molecule has 1 nitrogen and oxygen atoms in total. The molecule has 1 saturated heterocycles. The molecule has 1 aliphatic carbocycles. The first-order chi connectivity index (χ1) is 6.26. The lowest BCUT2D eigenvalue weighted by atomic mass is 9.69. The molecule has 0 radical (unpaired) electrons. The van der Waals surface area contributed by atoms with E-state index in [2.05, 4.69) is 18.9 Å². The summed E-state index contributed by atoms with van der Waals surface area (Å²) in [5.41, 5.74) is 0.608. The molecule has 1 atom stereocenters. The van der Waals surface area contributed by atoms with E-state index in [0.717, 1.165) is 5.92 Å². The molecule has 0 aromatic rings. The number of nitrogens with zero attached hydrogens (tertiary/aromatic N) is 1.